The molecule has 1 amide bonds. The molecule has 0 spiro atoms. The lowest BCUT2D eigenvalue weighted by Gasteiger charge is -2.12. The van der Waals surface area contributed by atoms with Gasteiger partial charge in [-0.25, -0.2) is 0 Å². The van der Waals surface area contributed by atoms with E-state index in [0.29, 0.717) is 6.54 Å². The minimum absolute atomic E-state index is 0.149. The molecule has 0 bridgehead atoms. The van der Waals surface area contributed by atoms with Gasteiger partial charge in [0.1, 0.15) is 0 Å². The summed E-state index contributed by atoms with van der Waals surface area (Å²) in [4.78, 5) is 11.8. The maximum atomic E-state index is 12.8. The molecule has 2 rings (SSSR count). The third-order valence-electron chi connectivity index (χ3n) is 3.56. The fourth-order valence-electron chi connectivity index (χ4n) is 2.17. The van der Waals surface area contributed by atoms with E-state index in [1.807, 2.05) is 31.2 Å². The Hall–Kier alpha value is -2.21. The molecule has 2 aromatic carbocycles. The summed E-state index contributed by atoms with van der Waals surface area (Å²) in [5.41, 5.74) is 1.49. The van der Waals surface area contributed by atoms with Crippen molar-refractivity contribution in [3.8, 4) is 0 Å². The normalized spacial score (nSPS) is 11.2. The molecule has 2 aromatic rings. The summed E-state index contributed by atoms with van der Waals surface area (Å²) in [6.07, 6.45) is -4.37. The number of carbonyl (C=O) groups excluding carboxylic acids is 1. The van der Waals surface area contributed by atoms with Crippen LogP contribution in [0, 0.1) is 6.92 Å². The van der Waals surface area contributed by atoms with E-state index in [4.69, 9.17) is 11.6 Å². The van der Waals surface area contributed by atoms with Crippen LogP contribution < -0.4 is 10.6 Å². The Morgan fingerprint density at radius 3 is 2.44 bits per heavy atom. The van der Waals surface area contributed by atoms with Gasteiger partial charge in [0.2, 0.25) is 5.91 Å². The van der Waals surface area contributed by atoms with Crippen molar-refractivity contribution in [2.45, 2.75) is 26.1 Å². The molecule has 3 nitrogen and oxygen atoms in total. The summed E-state index contributed by atoms with van der Waals surface area (Å²) in [6, 6.07) is 11.3. The fraction of sp³-hybridized carbons (Fsp3) is 0.278. The molecule has 0 unspecified atom stereocenters. The summed E-state index contributed by atoms with van der Waals surface area (Å²) in [7, 11) is 0. The minimum atomic E-state index is -4.51. The molecule has 0 atom stereocenters. The molecule has 25 heavy (non-hydrogen) atoms. The van der Waals surface area contributed by atoms with Gasteiger partial charge >= 0.3 is 6.18 Å². The molecule has 0 radical (unpaired) electrons. The number of anilines is 1. The van der Waals surface area contributed by atoms with Crippen molar-refractivity contribution in [1.82, 2.24) is 5.32 Å². The topological polar surface area (TPSA) is 41.1 Å². The van der Waals surface area contributed by atoms with Gasteiger partial charge in [-0.15, -0.1) is 0 Å². The summed E-state index contributed by atoms with van der Waals surface area (Å²) in [5, 5.41) is 5.22. The first-order chi connectivity index (χ1) is 11.8. The van der Waals surface area contributed by atoms with Crippen LogP contribution in [0.4, 0.5) is 18.9 Å². The molecule has 2 N–H and O–H groups in total. The summed E-state index contributed by atoms with van der Waals surface area (Å²) < 4.78 is 38.4. The quantitative estimate of drug-likeness (QED) is 0.768. The highest BCUT2D eigenvalue weighted by atomic mass is 35.5. The van der Waals surface area contributed by atoms with Crippen molar-refractivity contribution < 1.29 is 18.0 Å². The van der Waals surface area contributed by atoms with E-state index in [9.17, 15) is 18.0 Å². The molecule has 0 saturated carbocycles. The first-order valence-electron chi connectivity index (χ1n) is 7.68. The fourth-order valence-corrected chi connectivity index (χ4v) is 2.39. The Morgan fingerprint density at radius 1 is 1.12 bits per heavy atom. The van der Waals surface area contributed by atoms with Gasteiger partial charge in [0, 0.05) is 25.2 Å². The van der Waals surface area contributed by atoms with Gasteiger partial charge in [-0.3, -0.25) is 4.79 Å². The van der Waals surface area contributed by atoms with Gasteiger partial charge in [-0.1, -0.05) is 41.4 Å². The highest BCUT2D eigenvalue weighted by molar-refractivity contribution is 6.31. The Labute approximate surface area is 149 Å². The monoisotopic (exact) mass is 370 g/mol. The number of rotatable bonds is 6. The van der Waals surface area contributed by atoms with Crippen molar-refractivity contribution in [2.24, 2.45) is 0 Å². The van der Waals surface area contributed by atoms with Gasteiger partial charge < -0.3 is 10.6 Å². The third-order valence-corrected chi connectivity index (χ3v) is 3.89. The Kier molecular flexibility index (Phi) is 6.31. The van der Waals surface area contributed by atoms with E-state index in [2.05, 4.69) is 10.6 Å². The molecule has 0 aromatic heterocycles. The van der Waals surface area contributed by atoms with Crippen molar-refractivity contribution in [2.75, 3.05) is 11.9 Å². The van der Waals surface area contributed by atoms with E-state index >= 15 is 0 Å². The minimum Gasteiger partial charge on any atom is -0.385 e. The predicted octanol–water partition coefficient (Wildman–Crippen LogP) is 4.79. The second-order valence-corrected chi connectivity index (χ2v) is 6.04. The maximum Gasteiger partial charge on any atom is 0.417 e. The predicted molar refractivity (Wildman–Crippen MR) is 92.6 cm³/mol. The van der Waals surface area contributed by atoms with Crippen molar-refractivity contribution >= 4 is 23.2 Å². The van der Waals surface area contributed by atoms with E-state index in [1.54, 1.807) is 0 Å². The first-order valence-corrected chi connectivity index (χ1v) is 8.06. The third kappa shape index (κ3) is 5.98. The lowest BCUT2D eigenvalue weighted by Crippen LogP contribution is -2.24. The van der Waals surface area contributed by atoms with Crippen LogP contribution in [0.3, 0.4) is 0 Å². The molecule has 0 aliphatic carbocycles. The van der Waals surface area contributed by atoms with Gasteiger partial charge in [-0.05, 0) is 30.7 Å². The SMILES string of the molecule is Cc1ccc(CNC(=O)CCNc2ccc(Cl)c(C(F)(F)F)c2)cc1. The Bertz CT molecular complexity index is 730. The number of alkyl halides is 3. The van der Waals surface area contributed by atoms with E-state index in [0.717, 1.165) is 17.2 Å². The second-order valence-electron chi connectivity index (χ2n) is 5.63. The lowest BCUT2D eigenvalue weighted by molar-refractivity contribution is -0.137. The molecule has 7 heteroatoms. The maximum absolute atomic E-state index is 12.8. The molecule has 134 valence electrons. The number of aryl methyl sites for hydroxylation is 1. The highest BCUT2D eigenvalue weighted by Crippen LogP contribution is 2.36. The Morgan fingerprint density at radius 2 is 1.80 bits per heavy atom. The van der Waals surface area contributed by atoms with Gasteiger partial charge in [0.25, 0.3) is 0 Å². The van der Waals surface area contributed by atoms with Crippen LogP contribution in [-0.4, -0.2) is 12.5 Å². The summed E-state index contributed by atoms with van der Waals surface area (Å²) in [6.45, 7) is 2.62. The van der Waals surface area contributed by atoms with Gasteiger partial charge in [0.05, 0.1) is 10.6 Å². The lowest BCUT2D eigenvalue weighted by atomic mass is 10.1. The number of hydrogen-bond donors (Lipinski definition) is 2. The van der Waals surface area contributed by atoms with E-state index < -0.39 is 11.7 Å². The molecule has 0 heterocycles. The summed E-state index contributed by atoms with van der Waals surface area (Å²) in [5.74, 6) is -0.182. The van der Waals surface area contributed by atoms with Crippen LogP contribution in [0.25, 0.3) is 0 Å². The van der Waals surface area contributed by atoms with Crippen molar-refractivity contribution in [1.29, 1.82) is 0 Å². The zero-order valence-corrected chi connectivity index (χ0v) is 14.3. The van der Waals surface area contributed by atoms with Gasteiger partial charge in [-0.2, -0.15) is 13.2 Å². The zero-order valence-electron chi connectivity index (χ0n) is 13.6. The van der Waals surface area contributed by atoms with E-state index in [1.165, 1.54) is 12.1 Å². The van der Waals surface area contributed by atoms with Crippen LogP contribution in [-0.2, 0) is 17.5 Å². The smallest absolute Gasteiger partial charge is 0.385 e. The molecule has 0 aliphatic heterocycles. The molecular weight excluding hydrogens is 353 g/mol. The molecular formula is C18H18ClF3N2O. The number of amides is 1. The van der Waals surface area contributed by atoms with Crippen LogP contribution in [0.15, 0.2) is 42.5 Å². The molecule has 0 saturated heterocycles. The summed E-state index contributed by atoms with van der Waals surface area (Å²) >= 11 is 5.56. The second kappa shape index (κ2) is 8.25. The standard InChI is InChI=1S/C18H18ClF3N2O/c1-12-2-4-13(5-3-12)11-24-17(25)8-9-23-14-6-7-16(19)15(10-14)18(20,21)22/h2-7,10,23H,8-9,11H2,1H3,(H,24,25). The van der Waals surface area contributed by atoms with Crippen LogP contribution in [0.2, 0.25) is 5.02 Å². The molecule has 0 fully saturated rings. The van der Waals surface area contributed by atoms with Crippen molar-refractivity contribution in [3.63, 3.8) is 0 Å². The number of hydrogen-bond acceptors (Lipinski definition) is 2. The highest BCUT2D eigenvalue weighted by Gasteiger charge is 2.33. The van der Waals surface area contributed by atoms with E-state index in [-0.39, 0.29) is 29.6 Å². The van der Waals surface area contributed by atoms with Crippen LogP contribution in [0.1, 0.15) is 23.1 Å². The Balaban J connectivity index is 1.80. The number of benzene rings is 2. The number of nitrogens with one attached hydrogen (secondary N) is 2. The largest absolute Gasteiger partial charge is 0.417 e. The van der Waals surface area contributed by atoms with Crippen LogP contribution in [0.5, 0.6) is 0 Å². The molecule has 0 aliphatic rings. The number of carbonyl (C=O) groups is 1. The van der Waals surface area contributed by atoms with Crippen molar-refractivity contribution in [3.05, 3.63) is 64.2 Å². The average molecular weight is 371 g/mol. The van der Waals surface area contributed by atoms with Crippen LogP contribution >= 0.6 is 11.6 Å². The average Bonchev–Trinajstić information content (AvgIpc) is 2.55. The number of halogens is 4. The first kappa shape index (κ1) is 19.1. The zero-order chi connectivity index (χ0) is 18.4. The van der Waals surface area contributed by atoms with Gasteiger partial charge in [0.15, 0.2) is 0 Å².